The molecule has 2 aliphatic rings. The highest BCUT2D eigenvalue weighted by Gasteiger charge is 2.50. The number of amides is 2. The lowest BCUT2D eigenvalue weighted by molar-refractivity contribution is -0.135. The van der Waals surface area contributed by atoms with Gasteiger partial charge in [-0.2, -0.15) is 10.4 Å². The number of methoxy groups -OCH3 is 1. The van der Waals surface area contributed by atoms with Crippen LogP contribution in [0.1, 0.15) is 35.7 Å². The molecule has 3 aromatic rings. The maximum atomic E-state index is 14.8. The summed E-state index contributed by atoms with van der Waals surface area (Å²) in [6.07, 6.45) is 2.89. The zero-order chi connectivity index (χ0) is 24.9. The molecule has 12 heteroatoms. The number of nitriles is 1. The first kappa shape index (κ1) is 22.5. The van der Waals surface area contributed by atoms with Crippen LogP contribution in [0.4, 0.5) is 10.2 Å². The molecule has 2 atom stereocenters. The predicted octanol–water partition coefficient (Wildman–Crippen LogP) is 1.33. The molecular formula is C23H23FN8O3. The van der Waals surface area contributed by atoms with Crippen LogP contribution in [0.3, 0.4) is 0 Å². The number of nitrogens with two attached hydrogens (primary N) is 1. The minimum atomic E-state index is -1.40. The molecule has 0 bridgehead atoms. The third-order valence-corrected chi connectivity index (χ3v) is 6.65. The van der Waals surface area contributed by atoms with E-state index in [1.165, 1.54) is 35.1 Å². The Kier molecular flexibility index (Phi) is 5.27. The number of carbonyl (C=O) groups excluding carboxylic acids is 2. The molecule has 0 unspecified atom stereocenters. The van der Waals surface area contributed by atoms with Crippen molar-refractivity contribution in [3.05, 3.63) is 35.8 Å². The smallest absolute Gasteiger partial charge is 0.257 e. The van der Waals surface area contributed by atoms with E-state index in [1.54, 1.807) is 6.07 Å². The minimum absolute atomic E-state index is 0.0339. The van der Waals surface area contributed by atoms with Crippen LogP contribution in [0.5, 0.6) is 5.88 Å². The number of hydrogen-bond donors (Lipinski definition) is 2. The summed E-state index contributed by atoms with van der Waals surface area (Å²) >= 11 is 0. The van der Waals surface area contributed by atoms with Crippen molar-refractivity contribution < 1.29 is 18.7 Å². The second kappa shape index (κ2) is 8.19. The van der Waals surface area contributed by atoms with Crippen molar-refractivity contribution in [1.82, 2.24) is 29.8 Å². The van der Waals surface area contributed by atoms with Crippen molar-refractivity contribution in [1.29, 1.82) is 5.26 Å². The van der Waals surface area contributed by atoms with E-state index >= 15 is 0 Å². The van der Waals surface area contributed by atoms with Crippen molar-refractivity contribution in [2.24, 2.45) is 5.41 Å². The summed E-state index contributed by atoms with van der Waals surface area (Å²) in [5, 5.41) is 16.5. The Hall–Kier alpha value is -4.27. The van der Waals surface area contributed by atoms with Gasteiger partial charge in [0.1, 0.15) is 29.6 Å². The molecule has 1 saturated carbocycles. The largest absolute Gasteiger partial charge is 0.480 e. The van der Waals surface area contributed by atoms with Gasteiger partial charge < -0.3 is 20.7 Å². The zero-order valence-electron chi connectivity index (χ0n) is 19.2. The van der Waals surface area contributed by atoms with E-state index in [0.29, 0.717) is 16.8 Å². The van der Waals surface area contributed by atoms with E-state index < -0.39 is 23.5 Å². The Morgan fingerprint density at radius 2 is 2.09 bits per heavy atom. The van der Waals surface area contributed by atoms with Gasteiger partial charge in [0.05, 0.1) is 31.0 Å². The molecule has 1 saturated heterocycles. The first-order valence-corrected chi connectivity index (χ1v) is 11.1. The summed E-state index contributed by atoms with van der Waals surface area (Å²) in [7, 11) is 1.37. The molecule has 1 aliphatic heterocycles. The van der Waals surface area contributed by atoms with Crippen LogP contribution in [-0.4, -0.2) is 68.7 Å². The maximum Gasteiger partial charge on any atom is 0.257 e. The average molecular weight is 478 g/mol. The van der Waals surface area contributed by atoms with Crippen LogP contribution in [0.25, 0.3) is 16.8 Å². The fourth-order valence-electron chi connectivity index (χ4n) is 4.37. The van der Waals surface area contributed by atoms with Crippen LogP contribution >= 0.6 is 0 Å². The summed E-state index contributed by atoms with van der Waals surface area (Å²) in [5.41, 5.74) is 7.04. The molecule has 5 rings (SSSR count). The van der Waals surface area contributed by atoms with Crippen LogP contribution in [-0.2, 0) is 4.79 Å². The number of nitrogens with zero attached hydrogens (tertiary/aromatic N) is 6. The summed E-state index contributed by atoms with van der Waals surface area (Å²) in [6, 6.07) is 4.28. The minimum Gasteiger partial charge on any atom is -0.480 e. The Balaban J connectivity index is 1.45. The van der Waals surface area contributed by atoms with Crippen molar-refractivity contribution in [2.45, 2.75) is 32.0 Å². The van der Waals surface area contributed by atoms with Gasteiger partial charge in [-0.15, -0.1) is 0 Å². The number of rotatable bonds is 5. The quantitative estimate of drug-likeness (QED) is 0.557. The van der Waals surface area contributed by atoms with E-state index in [1.807, 2.05) is 6.92 Å². The third-order valence-electron chi connectivity index (χ3n) is 6.65. The number of nitrogens with one attached hydrogen (secondary N) is 1. The lowest BCUT2D eigenvalue weighted by atomic mass is 10.1. The number of nitrogen functional groups attached to an aromatic ring is 1. The molecule has 4 heterocycles. The number of anilines is 1. The Morgan fingerprint density at radius 3 is 2.77 bits per heavy atom. The van der Waals surface area contributed by atoms with E-state index in [4.69, 9.17) is 10.5 Å². The number of aromatic nitrogens is 4. The SMILES string of the molecule is COc1ncc(-c2c(C#N)cc3c(N)ncnn23)cc1C(=O)N[C@@H]1CN(C(=O)C2(C)CC2)C[C@@H]1F. The fraction of sp³-hybridized carbons (Fsp3) is 0.391. The second-order valence-corrected chi connectivity index (χ2v) is 9.11. The van der Waals surface area contributed by atoms with Crippen LogP contribution < -0.4 is 15.8 Å². The van der Waals surface area contributed by atoms with E-state index in [-0.39, 0.29) is 41.8 Å². The first-order valence-electron chi connectivity index (χ1n) is 11.1. The van der Waals surface area contributed by atoms with E-state index in [2.05, 4.69) is 26.5 Å². The third kappa shape index (κ3) is 3.78. The molecule has 180 valence electrons. The molecule has 0 spiro atoms. The van der Waals surface area contributed by atoms with Crippen LogP contribution in [0, 0.1) is 16.7 Å². The molecule has 11 nitrogen and oxygen atoms in total. The predicted molar refractivity (Wildman–Crippen MR) is 122 cm³/mol. The van der Waals surface area contributed by atoms with Gasteiger partial charge in [0.15, 0.2) is 5.82 Å². The average Bonchev–Trinajstić information content (AvgIpc) is 3.33. The first-order chi connectivity index (χ1) is 16.8. The Morgan fingerprint density at radius 1 is 1.31 bits per heavy atom. The second-order valence-electron chi connectivity index (χ2n) is 9.11. The lowest BCUT2D eigenvalue weighted by Crippen LogP contribution is -2.42. The van der Waals surface area contributed by atoms with Crippen molar-refractivity contribution in [2.75, 3.05) is 25.9 Å². The fourth-order valence-corrected chi connectivity index (χ4v) is 4.37. The number of halogens is 1. The number of carbonyl (C=O) groups is 2. The van der Waals surface area contributed by atoms with Crippen molar-refractivity contribution in [3.8, 4) is 23.2 Å². The molecule has 35 heavy (non-hydrogen) atoms. The van der Waals surface area contributed by atoms with E-state index in [9.17, 15) is 19.2 Å². The van der Waals surface area contributed by atoms with Crippen LogP contribution in [0.2, 0.25) is 0 Å². The lowest BCUT2D eigenvalue weighted by Gasteiger charge is -2.20. The van der Waals surface area contributed by atoms with Gasteiger partial charge in [-0.1, -0.05) is 6.92 Å². The topological polar surface area (TPSA) is 152 Å². The van der Waals surface area contributed by atoms with Gasteiger partial charge in [0, 0.05) is 23.7 Å². The molecule has 0 aromatic carbocycles. The summed E-state index contributed by atoms with van der Waals surface area (Å²) in [5.74, 6) is -0.462. The standard InChI is InChI=1S/C23H23FN8O3/c1-23(3-4-23)22(34)31-9-15(24)16(10-31)30-20(33)14-5-13(8-27-21(14)35-2)18-12(7-25)6-17-19(26)28-11-29-32(17)18/h5-6,8,11,15-16H,3-4,9-10H2,1-2H3,(H,30,33)(H2,26,28,29)/t15-,16+/m0/s1. The molecular weight excluding hydrogens is 455 g/mol. The van der Waals surface area contributed by atoms with Gasteiger partial charge >= 0.3 is 0 Å². The molecule has 2 fully saturated rings. The molecule has 1 aliphatic carbocycles. The normalized spacial score (nSPS) is 20.5. The molecule has 3 N–H and O–H groups in total. The zero-order valence-corrected chi connectivity index (χ0v) is 19.2. The van der Waals surface area contributed by atoms with Gasteiger partial charge in [0.2, 0.25) is 11.8 Å². The highest BCUT2D eigenvalue weighted by atomic mass is 19.1. The number of ether oxygens (including phenoxy) is 1. The van der Waals surface area contributed by atoms with Gasteiger partial charge in [0.25, 0.3) is 5.91 Å². The molecule has 3 aromatic heterocycles. The Labute approximate surface area is 199 Å². The van der Waals surface area contributed by atoms with Gasteiger partial charge in [-0.25, -0.2) is 18.9 Å². The Bertz CT molecular complexity index is 1390. The number of pyridine rings is 1. The summed E-state index contributed by atoms with van der Waals surface area (Å²) in [6.45, 7) is 1.91. The summed E-state index contributed by atoms with van der Waals surface area (Å²) in [4.78, 5) is 35.4. The number of alkyl halides is 1. The number of likely N-dealkylation sites (tertiary alicyclic amines) is 1. The number of fused-ring (bicyclic) bond motifs is 1. The highest BCUT2D eigenvalue weighted by molar-refractivity contribution is 5.98. The summed E-state index contributed by atoms with van der Waals surface area (Å²) < 4.78 is 21.5. The number of hydrogen-bond acceptors (Lipinski definition) is 8. The van der Waals surface area contributed by atoms with Gasteiger partial charge in [-0.3, -0.25) is 9.59 Å². The molecule has 0 radical (unpaired) electrons. The molecule has 2 amide bonds. The van der Waals surface area contributed by atoms with Gasteiger partial charge in [-0.05, 0) is 25.0 Å². The monoisotopic (exact) mass is 478 g/mol. The van der Waals surface area contributed by atoms with E-state index in [0.717, 1.165) is 12.8 Å². The van der Waals surface area contributed by atoms with Crippen molar-refractivity contribution >= 4 is 23.1 Å². The van der Waals surface area contributed by atoms with Crippen molar-refractivity contribution in [3.63, 3.8) is 0 Å². The maximum absolute atomic E-state index is 14.8. The van der Waals surface area contributed by atoms with Crippen LogP contribution in [0.15, 0.2) is 24.7 Å². The highest BCUT2D eigenvalue weighted by Crippen LogP contribution is 2.47.